The first-order chi connectivity index (χ1) is 7.73. The average Bonchev–Trinajstić information content (AvgIpc) is 2.23. The van der Waals surface area contributed by atoms with Crippen molar-refractivity contribution >= 4 is 29.2 Å². The molecule has 0 N–H and O–H groups in total. The molecule has 1 aromatic rings. The van der Waals surface area contributed by atoms with Crippen molar-refractivity contribution < 1.29 is 13.3 Å². The summed E-state index contributed by atoms with van der Waals surface area (Å²) in [6, 6.07) is 2.23. The van der Waals surface area contributed by atoms with Gasteiger partial charge in [-0.2, -0.15) is 0 Å². The Hall–Kier alpha value is -0.650. The molecule has 1 atom stereocenters. The average molecular weight is 280 g/mol. The summed E-state index contributed by atoms with van der Waals surface area (Å²) in [4.78, 5) is 0. The molecule has 0 aliphatic rings. The van der Waals surface area contributed by atoms with E-state index in [-0.39, 0.29) is 5.56 Å². The fraction of sp³-hybridized carbons (Fsp3) is 0.364. The van der Waals surface area contributed by atoms with E-state index >= 15 is 0 Å². The Bertz CT molecular complexity index is 446. The minimum Gasteiger partial charge on any atom is -0.591 e. The maximum absolute atomic E-state index is 13.4. The third-order valence-corrected chi connectivity index (χ3v) is 3.57. The van der Waals surface area contributed by atoms with Crippen LogP contribution in [0.25, 0.3) is 0 Å². The molecule has 0 bridgehead atoms. The smallest absolute Gasteiger partial charge is 0.153 e. The molecule has 0 heterocycles. The van der Waals surface area contributed by atoms with Crippen LogP contribution in [0.3, 0.4) is 0 Å². The van der Waals surface area contributed by atoms with Gasteiger partial charge in [0.2, 0.25) is 0 Å². The van der Waals surface area contributed by atoms with Crippen molar-refractivity contribution in [3.63, 3.8) is 0 Å². The molecule has 1 unspecified atom stereocenters. The van der Waals surface area contributed by atoms with Crippen molar-refractivity contribution in [3.05, 3.63) is 34.4 Å². The zero-order valence-electron chi connectivity index (χ0n) is 9.63. The first-order valence-corrected chi connectivity index (χ1v) is 6.31. The second-order valence-electron chi connectivity index (χ2n) is 4.36. The van der Waals surface area contributed by atoms with Gasteiger partial charge in [-0.15, -0.1) is 0 Å². The molecule has 0 aliphatic heterocycles. The van der Waals surface area contributed by atoms with Gasteiger partial charge in [0.15, 0.2) is 5.82 Å². The third kappa shape index (κ3) is 3.66. The maximum Gasteiger partial charge on any atom is 0.153 e. The molecule has 0 radical (unpaired) electrons. The molecule has 94 valence electrons. The Morgan fingerprint density at radius 1 is 1.35 bits per heavy atom. The third-order valence-electron chi connectivity index (χ3n) is 1.88. The highest BCUT2D eigenvalue weighted by molar-refractivity contribution is 7.91. The van der Waals surface area contributed by atoms with Crippen LogP contribution in [0.4, 0.5) is 8.78 Å². The van der Waals surface area contributed by atoms with Crippen LogP contribution in [-0.4, -0.2) is 15.5 Å². The van der Waals surface area contributed by atoms with Crippen LogP contribution in [-0.2, 0) is 11.4 Å². The molecule has 6 heteroatoms. The van der Waals surface area contributed by atoms with Crippen molar-refractivity contribution in [2.75, 3.05) is 0 Å². The lowest BCUT2D eigenvalue weighted by atomic mass is 10.2. The second-order valence-corrected chi connectivity index (χ2v) is 6.67. The van der Waals surface area contributed by atoms with E-state index in [1.54, 1.807) is 20.8 Å². The molecule has 0 fully saturated rings. The van der Waals surface area contributed by atoms with Crippen LogP contribution >= 0.6 is 11.6 Å². The van der Waals surface area contributed by atoms with Gasteiger partial charge >= 0.3 is 0 Å². The van der Waals surface area contributed by atoms with Crippen LogP contribution in [0.1, 0.15) is 26.3 Å². The molecule has 0 saturated carbocycles. The number of halogens is 3. The molecule has 0 amide bonds. The highest BCUT2D eigenvalue weighted by atomic mass is 35.5. The van der Waals surface area contributed by atoms with Gasteiger partial charge in [-0.1, -0.05) is 16.0 Å². The number of hydrogen-bond acceptors (Lipinski definition) is 2. The van der Waals surface area contributed by atoms with Crippen molar-refractivity contribution in [1.82, 2.24) is 0 Å². The molecule has 0 spiro atoms. The normalized spacial score (nSPS) is 14.3. The van der Waals surface area contributed by atoms with Crippen LogP contribution in [0.2, 0.25) is 5.02 Å². The number of nitrogens with zero attached hydrogens (tertiary/aromatic N) is 1. The summed E-state index contributed by atoms with van der Waals surface area (Å²) < 4.78 is 41.1. The maximum atomic E-state index is 13.4. The Morgan fingerprint density at radius 3 is 2.47 bits per heavy atom. The van der Waals surface area contributed by atoms with E-state index in [0.29, 0.717) is 0 Å². The Balaban J connectivity index is 2.97. The topological polar surface area (TPSA) is 35.4 Å². The molecular weight excluding hydrogens is 268 g/mol. The predicted molar refractivity (Wildman–Crippen MR) is 66.9 cm³/mol. The van der Waals surface area contributed by atoms with Gasteiger partial charge in [0, 0.05) is 5.56 Å². The number of benzene rings is 1. The monoisotopic (exact) mass is 279 g/mol. The molecule has 1 aromatic carbocycles. The Morgan fingerprint density at radius 2 is 1.94 bits per heavy atom. The lowest BCUT2D eigenvalue weighted by Gasteiger charge is -2.17. The first kappa shape index (κ1) is 14.4. The molecule has 0 saturated heterocycles. The van der Waals surface area contributed by atoms with Gasteiger partial charge in [0.05, 0.1) is 6.21 Å². The van der Waals surface area contributed by atoms with Gasteiger partial charge in [-0.3, -0.25) is 0 Å². The lowest BCUT2D eigenvalue weighted by molar-refractivity contribution is 0.561. The first-order valence-electron chi connectivity index (χ1n) is 4.83. The Labute approximate surface area is 107 Å². The van der Waals surface area contributed by atoms with E-state index in [0.717, 1.165) is 12.3 Å². The number of hydrogen-bond donors (Lipinski definition) is 0. The summed E-state index contributed by atoms with van der Waals surface area (Å²) in [7, 11) is 0. The lowest BCUT2D eigenvalue weighted by Crippen LogP contribution is -2.25. The SMILES string of the molecule is CC(C)(C)[S+]([O-])N=Cc1ccc(F)c(Cl)c1F. The molecule has 17 heavy (non-hydrogen) atoms. The van der Waals surface area contributed by atoms with Crippen molar-refractivity contribution in [1.29, 1.82) is 0 Å². The summed E-state index contributed by atoms with van der Waals surface area (Å²) >= 11 is 3.91. The van der Waals surface area contributed by atoms with E-state index < -0.39 is 32.8 Å². The standard InChI is InChI=1S/C11H12ClF2NOS/c1-11(2,3)17(16)15-6-7-4-5-8(13)9(12)10(7)14/h4-6H,1-3H3. The van der Waals surface area contributed by atoms with Crippen LogP contribution in [0, 0.1) is 11.6 Å². The molecule has 1 rings (SSSR count). The summed E-state index contributed by atoms with van der Waals surface area (Å²) in [5.74, 6) is -1.74. The van der Waals surface area contributed by atoms with E-state index in [2.05, 4.69) is 4.40 Å². The van der Waals surface area contributed by atoms with Gasteiger partial charge in [-0.05, 0) is 32.9 Å². The van der Waals surface area contributed by atoms with E-state index in [1.807, 2.05) is 0 Å². The van der Waals surface area contributed by atoms with Gasteiger partial charge < -0.3 is 4.55 Å². The van der Waals surface area contributed by atoms with Gasteiger partial charge in [-0.25, -0.2) is 8.78 Å². The fourth-order valence-corrected chi connectivity index (χ4v) is 1.60. The molecule has 2 nitrogen and oxygen atoms in total. The van der Waals surface area contributed by atoms with Crippen molar-refractivity contribution in [2.45, 2.75) is 25.5 Å². The largest absolute Gasteiger partial charge is 0.591 e. The van der Waals surface area contributed by atoms with E-state index in [9.17, 15) is 13.3 Å². The van der Waals surface area contributed by atoms with Crippen molar-refractivity contribution in [3.8, 4) is 0 Å². The van der Waals surface area contributed by atoms with Crippen molar-refractivity contribution in [2.24, 2.45) is 4.40 Å². The predicted octanol–water partition coefficient (Wildman–Crippen LogP) is 3.50. The van der Waals surface area contributed by atoms with Gasteiger partial charge in [0.1, 0.15) is 26.9 Å². The highest BCUT2D eigenvalue weighted by Crippen LogP contribution is 2.22. The Kier molecular flexibility index (Phi) is 4.52. The summed E-state index contributed by atoms with van der Waals surface area (Å²) in [5.41, 5.74) is 0.00833. The molecular formula is C11H12ClF2NOS. The molecule has 0 aromatic heterocycles. The summed E-state index contributed by atoms with van der Waals surface area (Å²) in [6.45, 7) is 5.23. The minimum atomic E-state index is -1.49. The van der Waals surface area contributed by atoms with Crippen LogP contribution < -0.4 is 0 Å². The summed E-state index contributed by atoms with van der Waals surface area (Å²) in [6.07, 6.45) is 1.10. The fourth-order valence-electron chi connectivity index (χ4n) is 0.903. The van der Waals surface area contributed by atoms with E-state index in [1.165, 1.54) is 6.07 Å². The molecule has 0 aliphatic carbocycles. The summed E-state index contributed by atoms with van der Waals surface area (Å²) in [5, 5.41) is -0.588. The zero-order chi connectivity index (χ0) is 13.2. The highest BCUT2D eigenvalue weighted by Gasteiger charge is 2.26. The van der Waals surface area contributed by atoms with E-state index in [4.69, 9.17) is 11.6 Å². The quantitative estimate of drug-likeness (QED) is 0.464. The second kappa shape index (κ2) is 5.33. The van der Waals surface area contributed by atoms with Gasteiger partial charge in [0.25, 0.3) is 0 Å². The van der Waals surface area contributed by atoms with Crippen LogP contribution in [0.15, 0.2) is 16.5 Å². The number of rotatable bonds is 2. The van der Waals surface area contributed by atoms with Crippen LogP contribution in [0.5, 0.6) is 0 Å². The zero-order valence-corrected chi connectivity index (χ0v) is 11.2. The minimum absolute atomic E-state index is 0.00833.